The molecule has 1 unspecified atom stereocenters. The molecule has 1 atom stereocenters. The van der Waals surface area contributed by atoms with Crippen LogP contribution in [-0.4, -0.2) is 51.9 Å². The lowest BCUT2D eigenvalue weighted by Gasteiger charge is -2.22. The molecule has 0 saturated heterocycles. The monoisotopic (exact) mass is 570 g/mol. The van der Waals surface area contributed by atoms with Crippen LogP contribution in [0, 0.1) is 0 Å². The third kappa shape index (κ3) is 6.31. The van der Waals surface area contributed by atoms with Gasteiger partial charge in [-0.2, -0.15) is 0 Å². The van der Waals surface area contributed by atoms with Crippen molar-refractivity contribution < 1.29 is 24.2 Å². The molecule has 2 aromatic heterocycles. The highest BCUT2D eigenvalue weighted by Gasteiger charge is 2.24. The Kier molecular flexibility index (Phi) is 8.70. The molecule has 12 heteroatoms. The van der Waals surface area contributed by atoms with E-state index in [9.17, 15) is 14.4 Å². The minimum absolute atomic E-state index is 0.0822. The summed E-state index contributed by atoms with van der Waals surface area (Å²) in [5.74, 6) is -1.24. The molecule has 4 rings (SSSR count). The Morgan fingerprint density at radius 3 is 2.41 bits per heavy atom. The van der Waals surface area contributed by atoms with Gasteiger partial charge in [-0.3, -0.25) is 14.2 Å². The Morgan fingerprint density at radius 1 is 1.05 bits per heavy atom. The van der Waals surface area contributed by atoms with Gasteiger partial charge in [0.15, 0.2) is 0 Å². The smallest absolute Gasteiger partial charge is 0.335 e. The van der Waals surface area contributed by atoms with E-state index < -0.39 is 23.5 Å². The summed E-state index contributed by atoms with van der Waals surface area (Å²) in [7, 11) is 2.95. The minimum atomic E-state index is -1.08. The highest BCUT2D eigenvalue weighted by atomic mass is 35.5. The molecule has 0 bridgehead atoms. The van der Waals surface area contributed by atoms with Crippen LogP contribution in [0.15, 0.2) is 72.0 Å². The predicted octanol–water partition coefficient (Wildman–Crippen LogP) is 4.93. The molecule has 0 radical (unpaired) electrons. The number of carbonyl (C=O) groups is 2. The molecule has 2 heterocycles. The van der Waals surface area contributed by atoms with Gasteiger partial charge in [0.1, 0.15) is 23.3 Å². The van der Waals surface area contributed by atoms with Gasteiger partial charge in [0.2, 0.25) is 5.91 Å². The summed E-state index contributed by atoms with van der Waals surface area (Å²) in [4.78, 5) is 41.9. The van der Waals surface area contributed by atoms with Crippen molar-refractivity contribution in [1.29, 1.82) is 0 Å². The summed E-state index contributed by atoms with van der Waals surface area (Å²) < 4.78 is 13.8. The Balaban J connectivity index is 1.75. The van der Waals surface area contributed by atoms with Crippen LogP contribution in [0.5, 0.6) is 5.75 Å². The summed E-state index contributed by atoms with van der Waals surface area (Å²) in [6.07, 6.45) is 4.82. The Labute approximate surface area is 233 Å². The fourth-order valence-corrected chi connectivity index (χ4v) is 4.39. The number of methoxy groups -OCH3 is 2. The van der Waals surface area contributed by atoms with Crippen LogP contribution in [0.2, 0.25) is 10.2 Å². The van der Waals surface area contributed by atoms with E-state index in [1.807, 2.05) is 0 Å². The topological polar surface area (TPSA) is 125 Å². The maximum Gasteiger partial charge on any atom is 0.335 e. The number of halogens is 2. The van der Waals surface area contributed by atoms with E-state index >= 15 is 0 Å². The predicted molar refractivity (Wildman–Crippen MR) is 147 cm³/mol. The van der Waals surface area contributed by atoms with Crippen LogP contribution in [0.25, 0.3) is 16.8 Å². The average molecular weight is 571 g/mol. The van der Waals surface area contributed by atoms with Crippen molar-refractivity contribution >= 4 is 40.8 Å². The number of anilines is 1. The lowest BCUT2D eigenvalue weighted by molar-refractivity contribution is -0.119. The van der Waals surface area contributed by atoms with Gasteiger partial charge in [-0.25, -0.2) is 9.78 Å². The van der Waals surface area contributed by atoms with E-state index in [0.29, 0.717) is 38.4 Å². The van der Waals surface area contributed by atoms with Gasteiger partial charge in [0.25, 0.3) is 5.56 Å². The van der Waals surface area contributed by atoms with E-state index in [1.54, 1.807) is 29.0 Å². The number of amides is 1. The molecule has 202 valence electrons. The standard InChI is InChI=1S/C27H24Cl2N4O6/c1-38-10-9-22(26(35)31-18-6-3-16(4-7-18)27(36)37)33-13-23(39-2)20(12-25(33)34)19-11-17(28)5-8-21(19)32-14-24(29)30-15-32/h3-8,11-15,22H,9-10H2,1-2H3,(H,31,35)(H,36,37). The first-order chi connectivity index (χ1) is 18.7. The zero-order valence-corrected chi connectivity index (χ0v) is 22.4. The van der Waals surface area contributed by atoms with Crippen molar-refractivity contribution in [2.24, 2.45) is 0 Å². The van der Waals surface area contributed by atoms with Crippen LogP contribution in [0.1, 0.15) is 22.8 Å². The molecule has 0 saturated carbocycles. The van der Waals surface area contributed by atoms with Gasteiger partial charge in [0, 0.05) is 54.2 Å². The van der Waals surface area contributed by atoms with Crippen molar-refractivity contribution in [3.05, 3.63) is 93.3 Å². The lowest BCUT2D eigenvalue weighted by atomic mass is 10.0. The number of nitrogens with zero attached hydrogens (tertiary/aromatic N) is 3. The highest BCUT2D eigenvalue weighted by Crippen LogP contribution is 2.36. The third-order valence-electron chi connectivity index (χ3n) is 5.98. The zero-order valence-electron chi connectivity index (χ0n) is 20.9. The van der Waals surface area contributed by atoms with Crippen molar-refractivity contribution in [3.8, 4) is 22.6 Å². The average Bonchev–Trinajstić information content (AvgIpc) is 3.35. The fraction of sp³-hybridized carbons (Fsp3) is 0.185. The Morgan fingerprint density at radius 2 is 1.79 bits per heavy atom. The number of aromatic nitrogens is 3. The third-order valence-corrected chi connectivity index (χ3v) is 6.41. The van der Waals surface area contributed by atoms with Gasteiger partial charge >= 0.3 is 5.97 Å². The number of benzene rings is 2. The molecular formula is C27H24Cl2N4O6. The molecule has 4 aromatic rings. The molecule has 10 nitrogen and oxygen atoms in total. The van der Waals surface area contributed by atoms with E-state index in [4.69, 9.17) is 37.8 Å². The number of rotatable bonds is 10. The van der Waals surface area contributed by atoms with Crippen molar-refractivity contribution in [1.82, 2.24) is 14.1 Å². The van der Waals surface area contributed by atoms with E-state index in [0.717, 1.165) is 0 Å². The molecule has 2 N–H and O–H groups in total. The Hall–Kier alpha value is -4.12. The minimum Gasteiger partial charge on any atom is -0.495 e. The zero-order chi connectivity index (χ0) is 28.1. The van der Waals surface area contributed by atoms with Gasteiger partial charge in [0.05, 0.1) is 24.6 Å². The number of hydrogen-bond acceptors (Lipinski definition) is 6. The Bertz CT molecular complexity index is 1570. The van der Waals surface area contributed by atoms with Crippen LogP contribution in [0.3, 0.4) is 0 Å². The highest BCUT2D eigenvalue weighted by molar-refractivity contribution is 6.31. The first-order valence-electron chi connectivity index (χ1n) is 11.6. The number of aromatic carboxylic acids is 1. The number of carboxylic acids is 1. The largest absolute Gasteiger partial charge is 0.495 e. The van der Waals surface area contributed by atoms with Gasteiger partial charge < -0.3 is 24.5 Å². The van der Waals surface area contributed by atoms with Crippen molar-refractivity contribution in [2.45, 2.75) is 12.5 Å². The fourth-order valence-electron chi connectivity index (χ4n) is 4.07. The van der Waals surface area contributed by atoms with Crippen LogP contribution >= 0.6 is 23.2 Å². The molecule has 0 aliphatic rings. The number of carbonyl (C=O) groups excluding carboxylic acids is 1. The molecule has 0 aliphatic heterocycles. The SMILES string of the molecule is COCCC(C(=O)Nc1ccc(C(=O)O)cc1)n1cc(OC)c(-c2cc(Cl)ccc2-n2cnc(Cl)c2)cc1=O. The summed E-state index contributed by atoms with van der Waals surface area (Å²) >= 11 is 12.3. The number of imidazole rings is 1. The molecule has 39 heavy (non-hydrogen) atoms. The molecule has 2 aromatic carbocycles. The van der Waals surface area contributed by atoms with E-state index in [2.05, 4.69) is 10.3 Å². The number of hydrogen-bond donors (Lipinski definition) is 2. The maximum absolute atomic E-state index is 13.4. The van der Waals surface area contributed by atoms with Crippen molar-refractivity contribution in [3.63, 3.8) is 0 Å². The van der Waals surface area contributed by atoms with Crippen LogP contribution in [0.4, 0.5) is 5.69 Å². The molecule has 0 spiro atoms. The first-order valence-corrected chi connectivity index (χ1v) is 12.4. The van der Waals surface area contributed by atoms with Gasteiger partial charge in [-0.1, -0.05) is 23.2 Å². The van der Waals surface area contributed by atoms with Gasteiger partial charge in [-0.15, -0.1) is 0 Å². The second-order valence-corrected chi connectivity index (χ2v) is 9.26. The summed E-state index contributed by atoms with van der Waals surface area (Å²) in [5.41, 5.74) is 1.71. The number of pyridine rings is 1. The first kappa shape index (κ1) is 27.9. The summed E-state index contributed by atoms with van der Waals surface area (Å²) in [6, 6.07) is 11.3. The number of nitrogens with one attached hydrogen (secondary N) is 1. The van der Waals surface area contributed by atoms with Crippen molar-refractivity contribution in [2.75, 3.05) is 26.1 Å². The van der Waals surface area contributed by atoms with Gasteiger partial charge in [-0.05, 0) is 42.5 Å². The normalized spacial score (nSPS) is 11.7. The molecule has 0 fully saturated rings. The summed E-state index contributed by atoms with van der Waals surface area (Å²) in [6.45, 7) is 0.201. The van der Waals surface area contributed by atoms with Crippen LogP contribution < -0.4 is 15.6 Å². The maximum atomic E-state index is 13.4. The molecular weight excluding hydrogens is 547 g/mol. The van der Waals surface area contributed by atoms with E-state index in [-0.39, 0.29) is 18.6 Å². The van der Waals surface area contributed by atoms with E-state index in [1.165, 1.54) is 61.6 Å². The number of carboxylic acid groups (broad SMARTS) is 1. The molecule has 1 amide bonds. The molecule has 0 aliphatic carbocycles. The van der Waals surface area contributed by atoms with Crippen LogP contribution in [-0.2, 0) is 9.53 Å². The second-order valence-electron chi connectivity index (χ2n) is 8.44. The summed E-state index contributed by atoms with van der Waals surface area (Å²) in [5, 5.41) is 12.6. The lowest BCUT2D eigenvalue weighted by Crippen LogP contribution is -2.34. The second kappa shape index (κ2) is 12.2. The number of ether oxygens (including phenoxy) is 2. The quantitative estimate of drug-likeness (QED) is 0.277.